The number of rotatable bonds is 7. The SMILES string of the molecule is COc1ccc(CNC(=O)C(C)C2Sc3ccccc3N(Cc3cc(C)ccc3C)C2=O)cc1. The Bertz CT molecular complexity index is 1190. The third-order valence-corrected chi connectivity index (χ3v) is 7.71. The van der Waals surface area contributed by atoms with Crippen LogP contribution in [0, 0.1) is 19.8 Å². The van der Waals surface area contributed by atoms with Crippen LogP contribution in [0.5, 0.6) is 5.75 Å². The van der Waals surface area contributed by atoms with Crippen LogP contribution in [-0.2, 0) is 22.7 Å². The number of anilines is 1. The third kappa shape index (κ3) is 5.12. The first-order valence-electron chi connectivity index (χ1n) is 11.4. The maximum atomic E-state index is 13.7. The molecule has 176 valence electrons. The largest absolute Gasteiger partial charge is 0.497 e. The topological polar surface area (TPSA) is 58.6 Å². The highest BCUT2D eigenvalue weighted by atomic mass is 32.2. The summed E-state index contributed by atoms with van der Waals surface area (Å²) in [5.41, 5.74) is 5.31. The minimum absolute atomic E-state index is 0.0308. The number of carbonyl (C=O) groups is 2. The van der Waals surface area contributed by atoms with Crippen LogP contribution in [0.15, 0.2) is 71.6 Å². The number of nitrogens with one attached hydrogen (secondary N) is 1. The summed E-state index contributed by atoms with van der Waals surface area (Å²) in [6.45, 7) is 6.85. The van der Waals surface area contributed by atoms with Crippen molar-refractivity contribution in [2.75, 3.05) is 12.0 Å². The van der Waals surface area contributed by atoms with E-state index in [0.29, 0.717) is 13.1 Å². The molecule has 2 amide bonds. The lowest BCUT2D eigenvalue weighted by Crippen LogP contribution is -2.47. The summed E-state index contributed by atoms with van der Waals surface area (Å²) >= 11 is 1.48. The van der Waals surface area contributed by atoms with E-state index in [1.807, 2.05) is 60.4 Å². The highest BCUT2D eigenvalue weighted by Gasteiger charge is 2.39. The van der Waals surface area contributed by atoms with Gasteiger partial charge in [0.05, 0.1) is 25.3 Å². The zero-order valence-corrected chi connectivity index (χ0v) is 20.8. The molecule has 0 fully saturated rings. The molecule has 6 heteroatoms. The molecule has 1 N–H and O–H groups in total. The van der Waals surface area contributed by atoms with Crippen molar-refractivity contribution in [2.24, 2.45) is 5.92 Å². The van der Waals surface area contributed by atoms with Gasteiger partial charge < -0.3 is 15.0 Å². The highest BCUT2D eigenvalue weighted by Crippen LogP contribution is 2.42. The van der Waals surface area contributed by atoms with Gasteiger partial charge in [-0.05, 0) is 54.8 Å². The van der Waals surface area contributed by atoms with Crippen LogP contribution in [0.4, 0.5) is 5.69 Å². The second kappa shape index (κ2) is 10.3. The monoisotopic (exact) mass is 474 g/mol. The molecule has 4 rings (SSSR count). The first-order valence-corrected chi connectivity index (χ1v) is 12.3. The second-order valence-corrected chi connectivity index (χ2v) is 9.90. The molecule has 0 saturated heterocycles. The van der Waals surface area contributed by atoms with E-state index in [0.717, 1.165) is 38.6 Å². The quantitative estimate of drug-likeness (QED) is 0.507. The lowest BCUT2D eigenvalue weighted by atomic mass is 10.0. The minimum Gasteiger partial charge on any atom is -0.497 e. The molecule has 3 aromatic rings. The van der Waals surface area contributed by atoms with E-state index in [2.05, 4.69) is 37.4 Å². The summed E-state index contributed by atoms with van der Waals surface area (Å²) in [6, 6.07) is 21.8. The van der Waals surface area contributed by atoms with Gasteiger partial charge >= 0.3 is 0 Å². The van der Waals surface area contributed by atoms with Gasteiger partial charge in [0.25, 0.3) is 0 Å². The summed E-state index contributed by atoms with van der Waals surface area (Å²) in [5.74, 6) is 0.130. The van der Waals surface area contributed by atoms with E-state index in [1.54, 1.807) is 7.11 Å². The molecule has 2 atom stereocenters. The fourth-order valence-corrected chi connectivity index (χ4v) is 5.38. The number of carbonyl (C=O) groups excluding carboxylic acids is 2. The Morgan fingerprint density at radius 3 is 2.56 bits per heavy atom. The molecule has 1 aliphatic rings. The number of hydrogen-bond donors (Lipinski definition) is 1. The smallest absolute Gasteiger partial charge is 0.241 e. The molecule has 0 spiro atoms. The molecule has 5 nitrogen and oxygen atoms in total. The van der Waals surface area contributed by atoms with Gasteiger partial charge in [0.15, 0.2) is 0 Å². The van der Waals surface area contributed by atoms with E-state index in [-0.39, 0.29) is 11.8 Å². The highest BCUT2D eigenvalue weighted by molar-refractivity contribution is 8.01. The Kier molecular flexibility index (Phi) is 7.27. The third-order valence-electron chi connectivity index (χ3n) is 6.25. The molecule has 0 bridgehead atoms. The van der Waals surface area contributed by atoms with Crippen molar-refractivity contribution in [2.45, 2.75) is 44.0 Å². The van der Waals surface area contributed by atoms with Crippen LogP contribution < -0.4 is 15.0 Å². The Balaban J connectivity index is 1.52. The molecule has 0 aromatic heterocycles. The Morgan fingerprint density at radius 2 is 1.82 bits per heavy atom. The van der Waals surface area contributed by atoms with Crippen molar-refractivity contribution in [1.29, 1.82) is 0 Å². The van der Waals surface area contributed by atoms with E-state index in [4.69, 9.17) is 4.74 Å². The predicted molar refractivity (Wildman–Crippen MR) is 137 cm³/mol. The number of benzene rings is 3. The lowest BCUT2D eigenvalue weighted by molar-refractivity contribution is -0.128. The standard InChI is InChI=1S/C28H30N2O3S/c1-18-9-10-19(2)22(15-18)17-30-24-7-5-6-8-25(24)34-26(28(30)32)20(3)27(31)29-16-21-11-13-23(33-4)14-12-21/h5-15,20,26H,16-17H2,1-4H3,(H,29,31). The number of para-hydroxylation sites is 1. The van der Waals surface area contributed by atoms with Gasteiger partial charge in [-0.15, -0.1) is 11.8 Å². The van der Waals surface area contributed by atoms with Gasteiger partial charge in [-0.2, -0.15) is 0 Å². The van der Waals surface area contributed by atoms with Crippen molar-refractivity contribution in [3.8, 4) is 5.75 Å². The van der Waals surface area contributed by atoms with Crippen LogP contribution in [0.25, 0.3) is 0 Å². The van der Waals surface area contributed by atoms with Gasteiger partial charge in [-0.1, -0.05) is 55.0 Å². The molecule has 1 aliphatic heterocycles. The molecular formula is C28H30N2O3S. The molecule has 0 aliphatic carbocycles. The van der Waals surface area contributed by atoms with Crippen LogP contribution in [-0.4, -0.2) is 24.2 Å². The van der Waals surface area contributed by atoms with Gasteiger partial charge in [0.1, 0.15) is 11.0 Å². The number of thioether (sulfide) groups is 1. The van der Waals surface area contributed by atoms with E-state index in [9.17, 15) is 9.59 Å². The van der Waals surface area contributed by atoms with Crippen molar-refractivity contribution in [3.05, 3.63) is 89.0 Å². The van der Waals surface area contributed by atoms with E-state index >= 15 is 0 Å². The fourth-order valence-electron chi connectivity index (χ4n) is 4.09. The van der Waals surface area contributed by atoms with Crippen molar-refractivity contribution >= 4 is 29.3 Å². The molecule has 1 heterocycles. The molecule has 0 radical (unpaired) electrons. The number of aryl methyl sites for hydroxylation is 2. The van der Waals surface area contributed by atoms with Crippen molar-refractivity contribution in [1.82, 2.24) is 5.32 Å². The molecule has 2 unspecified atom stereocenters. The summed E-state index contributed by atoms with van der Waals surface area (Å²) in [4.78, 5) is 29.6. The van der Waals surface area contributed by atoms with Crippen molar-refractivity contribution < 1.29 is 14.3 Å². The van der Waals surface area contributed by atoms with Gasteiger partial charge in [-0.25, -0.2) is 0 Å². The van der Waals surface area contributed by atoms with Gasteiger partial charge in [-0.3, -0.25) is 9.59 Å². The molecule has 3 aromatic carbocycles. The van der Waals surface area contributed by atoms with E-state index in [1.165, 1.54) is 11.8 Å². The molecule has 0 saturated carbocycles. The zero-order chi connectivity index (χ0) is 24.2. The second-order valence-electron chi connectivity index (χ2n) is 8.72. The summed E-state index contributed by atoms with van der Waals surface area (Å²) in [7, 11) is 1.62. The number of hydrogen-bond acceptors (Lipinski definition) is 4. The van der Waals surface area contributed by atoms with Gasteiger partial charge in [0, 0.05) is 11.4 Å². The average molecular weight is 475 g/mol. The summed E-state index contributed by atoms with van der Waals surface area (Å²) in [6.07, 6.45) is 0. The fraction of sp³-hybridized carbons (Fsp3) is 0.286. The predicted octanol–water partition coefficient (Wildman–Crippen LogP) is 5.27. The van der Waals surface area contributed by atoms with Crippen LogP contribution in [0.1, 0.15) is 29.2 Å². The van der Waals surface area contributed by atoms with Crippen LogP contribution in [0.3, 0.4) is 0 Å². The number of methoxy groups -OCH3 is 1. The maximum Gasteiger partial charge on any atom is 0.241 e. The first-order chi connectivity index (χ1) is 16.4. The van der Waals surface area contributed by atoms with Crippen molar-refractivity contribution in [3.63, 3.8) is 0 Å². The Morgan fingerprint density at radius 1 is 1.09 bits per heavy atom. The summed E-state index contributed by atoms with van der Waals surface area (Å²) < 4.78 is 5.19. The Labute approximate surface area is 205 Å². The molecule has 34 heavy (non-hydrogen) atoms. The Hall–Kier alpha value is -3.25. The van der Waals surface area contributed by atoms with Gasteiger partial charge in [0.2, 0.25) is 11.8 Å². The minimum atomic E-state index is -0.490. The maximum absolute atomic E-state index is 13.7. The number of amides is 2. The number of fused-ring (bicyclic) bond motifs is 1. The summed E-state index contributed by atoms with van der Waals surface area (Å²) in [5, 5.41) is 2.51. The van der Waals surface area contributed by atoms with Crippen LogP contribution in [0.2, 0.25) is 0 Å². The van der Waals surface area contributed by atoms with Crippen LogP contribution >= 0.6 is 11.8 Å². The molecular weight excluding hydrogens is 444 g/mol. The average Bonchev–Trinajstić information content (AvgIpc) is 2.86. The van der Waals surface area contributed by atoms with E-state index < -0.39 is 11.2 Å². The normalized spacial score (nSPS) is 16.1. The number of ether oxygens (including phenoxy) is 1. The lowest BCUT2D eigenvalue weighted by Gasteiger charge is -2.36. The number of nitrogens with zero attached hydrogens (tertiary/aromatic N) is 1. The zero-order valence-electron chi connectivity index (χ0n) is 20.0. The first kappa shape index (κ1) is 23.9.